The van der Waals surface area contributed by atoms with Crippen LogP contribution in [0.25, 0.3) is 0 Å². The van der Waals surface area contributed by atoms with E-state index < -0.39 is 18.3 Å². The van der Waals surface area contributed by atoms with E-state index >= 15 is 0 Å². The van der Waals surface area contributed by atoms with Crippen molar-refractivity contribution < 1.29 is 15.3 Å². The molecule has 3 nitrogen and oxygen atoms in total. The van der Waals surface area contributed by atoms with Crippen molar-refractivity contribution in [1.29, 1.82) is 0 Å². The zero-order chi connectivity index (χ0) is 8.31. The van der Waals surface area contributed by atoms with Gasteiger partial charge in [0.15, 0.2) is 0 Å². The molecule has 3 N–H and O–H groups in total. The highest BCUT2D eigenvalue weighted by Gasteiger charge is 2.23. The second-order valence-corrected chi connectivity index (χ2v) is 2.97. The molecule has 0 saturated carbocycles. The molecule has 0 spiro atoms. The monoisotopic (exact) mass is 148 g/mol. The lowest BCUT2D eigenvalue weighted by Crippen LogP contribution is -2.38. The Balaban J connectivity index is 3.81. The molecule has 0 aliphatic carbocycles. The van der Waals surface area contributed by atoms with Crippen LogP contribution < -0.4 is 0 Å². The second kappa shape index (κ2) is 3.91. The molecule has 0 aliphatic rings. The first-order valence-electron chi connectivity index (χ1n) is 3.51. The number of hydrogen-bond donors (Lipinski definition) is 3. The molecule has 0 aromatic rings. The molecular formula is C7H16O3. The molecule has 0 amide bonds. The summed E-state index contributed by atoms with van der Waals surface area (Å²) in [7, 11) is 0. The SMILES string of the molecule is CC(C)[C@@H](O)[C@H](O)C(C)O. The minimum atomic E-state index is -1.03. The quantitative estimate of drug-likeness (QED) is 0.517. The molecule has 0 aliphatic heterocycles. The third-order valence-corrected chi connectivity index (χ3v) is 1.53. The average Bonchev–Trinajstić information content (AvgIpc) is 1.84. The van der Waals surface area contributed by atoms with Crippen LogP contribution in [0.2, 0.25) is 0 Å². The molecular weight excluding hydrogens is 132 g/mol. The van der Waals surface area contributed by atoms with Gasteiger partial charge < -0.3 is 15.3 Å². The van der Waals surface area contributed by atoms with E-state index in [0.717, 1.165) is 0 Å². The molecule has 0 aromatic heterocycles. The van der Waals surface area contributed by atoms with E-state index in [4.69, 9.17) is 15.3 Å². The molecule has 10 heavy (non-hydrogen) atoms. The van der Waals surface area contributed by atoms with Gasteiger partial charge in [0, 0.05) is 0 Å². The summed E-state index contributed by atoms with van der Waals surface area (Å²) in [5, 5.41) is 27.1. The molecule has 0 aromatic carbocycles. The first-order chi connectivity index (χ1) is 4.46. The highest BCUT2D eigenvalue weighted by Crippen LogP contribution is 2.08. The largest absolute Gasteiger partial charge is 0.391 e. The predicted molar refractivity (Wildman–Crippen MR) is 38.5 cm³/mol. The summed E-state index contributed by atoms with van der Waals surface area (Å²) in [5.74, 6) is -0.0235. The van der Waals surface area contributed by atoms with Crippen molar-refractivity contribution in [3.63, 3.8) is 0 Å². The lowest BCUT2D eigenvalue weighted by Gasteiger charge is -2.22. The van der Waals surface area contributed by atoms with E-state index in [9.17, 15) is 0 Å². The summed E-state index contributed by atoms with van der Waals surface area (Å²) < 4.78 is 0. The molecule has 0 fully saturated rings. The fourth-order valence-electron chi connectivity index (χ4n) is 0.680. The van der Waals surface area contributed by atoms with Crippen LogP contribution in [0.1, 0.15) is 20.8 Å². The van der Waals surface area contributed by atoms with Gasteiger partial charge in [-0.05, 0) is 12.8 Å². The second-order valence-electron chi connectivity index (χ2n) is 2.97. The van der Waals surface area contributed by atoms with Crippen molar-refractivity contribution in [2.75, 3.05) is 0 Å². The van der Waals surface area contributed by atoms with Crippen LogP contribution >= 0.6 is 0 Å². The van der Waals surface area contributed by atoms with Crippen LogP contribution in [0, 0.1) is 5.92 Å². The van der Waals surface area contributed by atoms with E-state index in [2.05, 4.69) is 0 Å². The number of rotatable bonds is 3. The minimum absolute atomic E-state index is 0.0235. The first-order valence-corrected chi connectivity index (χ1v) is 3.51. The molecule has 0 radical (unpaired) electrons. The summed E-state index contributed by atoms with van der Waals surface area (Å²) >= 11 is 0. The van der Waals surface area contributed by atoms with E-state index in [1.807, 2.05) is 0 Å². The van der Waals surface area contributed by atoms with E-state index in [1.165, 1.54) is 6.92 Å². The molecule has 62 valence electrons. The van der Waals surface area contributed by atoms with Gasteiger partial charge in [0.2, 0.25) is 0 Å². The van der Waals surface area contributed by atoms with Crippen LogP contribution in [0.15, 0.2) is 0 Å². The summed E-state index contributed by atoms with van der Waals surface area (Å²) in [6, 6.07) is 0. The van der Waals surface area contributed by atoms with Crippen molar-refractivity contribution in [3.05, 3.63) is 0 Å². The van der Waals surface area contributed by atoms with E-state index in [1.54, 1.807) is 13.8 Å². The summed E-state index contributed by atoms with van der Waals surface area (Å²) in [4.78, 5) is 0. The smallest absolute Gasteiger partial charge is 0.106 e. The third-order valence-electron chi connectivity index (χ3n) is 1.53. The zero-order valence-electron chi connectivity index (χ0n) is 6.65. The Morgan fingerprint density at radius 3 is 1.30 bits per heavy atom. The van der Waals surface area contributed by atoms with E-state index in [0.29, 0.717) is 0 Å². The van der Waals surface area contributed by atoms with E-state index in [-0.39, 0.29) is 5.92 Å². The lowest BCUT2D eigenvalue weighted by atomic mass is 9.99. The third kappa shape index (κ3) is 2.64. The Bertz CT molecular complexity index is 78.9. The van der Waals surface area contributed by atoms with Gasteiger partial charge in [-0.15, -0.1) is 0 Å². The Morgan fingerprint density at radius 1 is 0.800 bits per heavy atom. The highest BCUT2D eigenvalue weighted by molar-refractivity contribution is 4.74. The molecule has 3 heteroatoms. The maximum Gasteiger partial charge on any atom is 0.106 e. The minimum Gasteiger partial charge on any atom is -0.391 e. The number of aliphatic hydroxyl groups excluding tert-OH is 3. The topological polar surface area (TPSA) is 60.7 Å². The van der Waals surface area contributed by atoms with Gasteiger partial charge in [0.25, 0.3) is 0 Å². The summed E-state index contributed by atoms with van der Waals surface area (Å²) in [6.45, 7) is 5.03. The normalized spacial score (nSPS) is 20.7. The Labute approximate surface area is 61.3 Å². The van der Waals surface area contributed by atoms with Crippen molar-refractivity contribution in [2.24, 2.45) is 5.92 Å². The maximum atomic E-state index is 9.16. The predicted octanol–water partition coefficient (Wildman–Crippen LogP) is -0.255. The van der Waals surface area contributed by atoms with Crippen molar-refractivity contribution in [2.45, 2.75) is 39.1 Å². The van der Waals surface area contributed by atoms with Crippen LogP contribution in [-0.4, -0.2) is 33.6 Å². The average molecular weight is 148 g/mol. The Morgan fingerprint density at radius 2 is 1.20 bits per heavy atom. The molecule has 0 bridgehead atoms. The molecule has 0 rings (SSSR count). The van der Waals surface area contributed by atoms with Crippen molar-refractivity contribution in [1.82, 2.24) is 0 Å². The Kier molecular flexibility index (Phi) is 3.86. The molecule has 0 heterocycles. The number of hydrogen-bond acceptors (Lipinski definition) is 3. The van der Waals surface area contributed by atoms with Gasteiger partial charge in [-0.25, -0.2) is 0 Å². The lowest BCUT2D eigenvalue weighted by molar-refractivity contribution is -0.0688. The van der Waals surface area contributed by atoms with Gasteiger partial charge in [0.1, 0.15) is 6.10 Å². The summed E-state index contributed by atoms with van der Waals surface area (Å²) in [5.41, 5.74) is 0. The van der Waals surface area contributed by atoms with Crippen molar-refractivity contribution in [3.8, 4) is 0 Å². The van der Waals surface area contributed by atoms with Gasteiger partial charge in [-0.3, -0.25) is 0 Å². The standard InChI is InChI=1S/C7H16O3/c1-4(2)6(9)7(10)5(3)8/h4-10H,1-3H3/t5?,6-,7-/m1/s1. The van der Waals surface area contributed by atoms with Gasteiger partial charge in [-0.2, -0.15) is 0 Å². The van der Waals surface area contributed by atoms with Gasteiger partial charge >= 0.3 is 0 Å². The zero-order valence-corrected chi connectivity index (χ0v) is 6.65. The fourth-order valence-corrected chi connectivity index (χ4v) is 0.680. The highest BCUT2D eigenvalue weighted by atomic mass is 16.4. The van der Waals surface area contributed by atoms with Crippen molar-refractivity contribution >= 4 is 0 Å². The summed E-state index contributed by atoms with van der Waals surface area (Å²) in [6.07, 6.45) is -2.72. The first kappa shape index (κ1) is 9.88. The van der Waals surface area contributed by atoms with Crippen LogP contribution in [0.5, 0.6) is 0 Å². The Hall–Kier alpha value is -0.120. The fraction of sp³-hybridized carbons (Fsp3) is 1.00. The maximum absolute atomic E-state index is 9.16. The van der Waals surface area contributed by atoms with Crippen LogP contribution in [-0.2, 0) is 0 Å². The molecule has 1 unspecified atom stereocenters. The molecule has 3 atom stereocenters. The van der Waals surface area contributed by atoms with Gasteiger partial charge in [-0.1, -0.05) is 13.8 Å². The van der Waals surface area contributed by atoms with Gasteiger partial charge in [0.05, 0.1) is 12.2 Å². The number of aliphatic hydroxyl groups is 3. The molecule has 0 saturated heterocycles. The van der Waals surface area contributed by atoms with Crippen LogP contribution in [0.4, 0.5) is 0 Å². The van der Waals surface area contributed by atoms with Crippen LogP contribution in [0.3, 0.4) is 0 Å².